The molecular weight excluding hydrogens is 258 g/mol. The van der Waals surface area contributed by atoms with Crippen molar-refractivity contribution in [1.82, 2.24) is 4.90 Å². The molecule has 2 fully saturated rings. The summed E-state index contributed by atoms with van der Waals surface area (Å²) in [5, 5.41) is 0. The van der Waals surface area contributed by atoms with Crippen LogP contribution in [0.3, 0.4) is 0 Å². The van der Waals surface area contributed by atoms with Gasteiger partial charge in [-0.1, -0.05) is 77.0 Å². The van der Waals surface area contributed by atoms with Crippen molar-refractivity contribution in [1.29, 1.82) is 0 Å². The number of carbonyl (C=O) groups excluding carboxylic acids is 1. The summed E-state index contributed by atoms with van der Waals surface area (Å²) >= 11 is 0. The van der Waals surface area contributed by atoms with E-state index in [1.54, 1.807) is 0 Å². The van der Waals surface area contributed by atoms with Crippen LogP contribution in [0.25, 0.3) is 0 Å². The smallest absolute Gasteiger partial charge is 0.312 e. The van der Waals surface area contributed by atoms with E-state index in [1.807, 2.05) is 0 Å². The first-order valence-corrected chi connectivity index (χ1v) is 9.58. The number of amides is 1. The van der Waals surface area contributed by atoms with Crippen LogP contribution in [0.1, 0.15) is 103 Å². The lowest BCUT2D eigenvalue weighted by atomic mass is 9.97. The standard InChI is InChI=1S/C19H34NO/c21-17-20(18-13-9-5-1-2-6-10-14-18)19-15-11-7-3-4-8-12-16-19/h18-19H,1-16H2. The highest BCUT2D eigenvalue weighted by atomic mass is 16.1. The Kier molecular flexibility index (Phi) is 8.21. The third-order valence-electron chi connectivity index (χ3n) is 5.54. The van der Waals surface area contributed by atoms with Crippen LogP contribution in [0.15, 0.2) is 0 Å². The highest BCUT2D eigenvalue weighted by Gasteiger charge is 2.25. The number of hydrogen-bond donors (Lipinski definition) is 0. The lowest BCUT2D eigenvalue weighted by Gasteiger charge is -2.35. The summed E-state index contributed by atoms with van der Waals surface area (Å²) in [4.78, 5) is 13.8. The third-order valence-corrected chi connectivity index (χ3v) is 5.54. The van der Waals surface area contributed by atoms with Crippen LogP contribution in [0.2, 0.25) is 0 Å². The van der Waals surface area contributed by atoms with Gasteiger partial charge in [-0.3, -0.25) is 4.79 Å². The Bertz CT molecular complexity index is 235. The fraction of sp³-hybridized carbons (Fsp3) is 0.947. The first-order chi connectivity index (χ1) is 10.4. The van der Waals surface area contributed by atoms with Crippen molar-refractivity contribution in [2.45, 2.75) is 115 Å². The largest absolute Gasteiger partial charge is 0.328 e. The molecule has 2 saturated carbocycles. The molecule has 2 aliphatic rings. The zero-order valence-corrected chi connectivity index (χ0v) is 13.8. The van der Waals surface area contributed by atoms with Crippen LogP contribution in [0, 0.1) is 0 Å². The minimum atomic E-state index is 0.478. The number of nitrogens with zero attached hydrogens (tertiary/aromatic N) is 1. The average Bonchev–Trinajstić information content (AvgIpc) is 2.72. The highest BCUT2D eigenvalue weighted by Crippen LogP contribution is 2.26. The Morgan fingerprint density at radius 1 is 0.524 bits per heavy atom. The topological polar surface area (TPSA) is 20.3 Å². The number of rotatable bonds is 3. The van der Waals surface area contributed by atoms with E-state index >= 15 is 0 Å². The molecule has 0 aromatic heterocycles. The highest BCUT2D eigenvalue weighted by molar-refractivity contribution is 5.49. The summed E-state index contributed by atoms with van der Waals surface area (Å²) in [5.74, 6) is 0. The molecule has 21 heavy (non-hydrogen) atoms. The lowest BCUT2D eigenvalue weighted by Crippen LogP contribution is -2.42. The maximum Gasteiger partial charge on any atom is 0.312 e. The van der Waals surface area contributed by atoms with Crippen LogP contribution in [0.5, 0.6) is 0 Å². The molecule has 0 atom stereocenters. The molecule has 0 N–H and O–H groups in total. The first-order valence-electron chi connectivity index (χ1n) is 9.58. The molecule has 2 rings (SSSR count). The summed E-state index contributed by atoms with van der Waals surface area (Å²) in [5.41, 5.74) is 0. The molecule has 0 heterocycles. The predicted octanol–water partition coefficient (Wildman–Crippen LogP) is 5.36. The van der Waals surface area contributed by atoms with Gasteiger partial charge in [-0.15, -0.1) is 0 Å². The molecule has 1 radical (unpaired) electrons. The maximum absolute atomic E-state index is 11.7. The van der Waals surface area contributed by atoms with Crippen LogP contribution in [-0.2, 0) is 4.79 Å². The van der Waals surface area contributed by atoms with Crippen LogP contribution in [0.4, 0.5) is 0 Å². The van der Waals surface area contributed by atoms with Gasteiger partial charge in [0, 0.05) is 12.1 Å². The van der Waals surface area contributed by atoms with Gasteiger partial charge in [0.05, 0.1) is 0 Å². The van der Waals surface area contributed by atoms with Crippen molar-refractivity contribution in [2.75, 3.05) is 0 Å². The van der Waals surface area contributed by atoms with Crippen LogP contribution in [-0.4, -0.2) is 23.4 Å². The molecule has 0 aliphatic heterocycles. The van der Waals surface area contributed by atoms with Crippen LogP contribution < -0.4 is 0 Å². The van der Waals surface area contributed by atoms with Gasteiger partial charge in [-0.2, -0.15) is 0 Å². The van der Waals surface area contributed by atoms with Crippen LogP contribution >= 0.6 is 0 Å². The second kappa shape index (κ2) is 10.2. The van der Waals surface area contributed by atoms with E-state index in [4.69, 9.17) is 0 Å². The Balaban J connectivity index is 1.94. The molecular formula is C19H34NO. The van der Waals surface area contributed by atoms with Crippen molar-refractivity contribution in [3.05, 3.63) is 0 Å². The van der Waals surface area contributed by atoms with E-state index in [2.05, 4.69) is 11.3 Å². The second-order valence-corrected chi connectivity index (χ2v) is 7.20. The Morgan fingerprint density at radius 2 is 0.810 bits per heavy atom. The van der Waals surface area contributed by atoms with Gasteiger partial charge in [-0.25, -0.2) is 0 Å². The summed E-state index contributed by atoms with van der Waals surface area (Å²) in [7, 11) is 0. The number of hydrogen-bond acceptors (Lipinski definition) is 1. The van der Waals surface area contributed by atoms with Crippen molar-refractivity contribution in [3.8, 4) is 0 Å². The summed E-state index contributed by atoms with van der Waals surface area (Å²) < 4.78 is 0. The summed E-state index contributed by atoms with van der Waals surface area (Å²) in [6.07, 6.45) is 23.4. The minimum absolute atomic E-state index is 0.478. The summed E-state index contributed by atoms with van der Waals surface area (Å²) in [6.45, 7) is 0. The van der Waals surface area contributed by atoms with Gasteiger partial charge in [0.15, 0.2) is 0 Å². The van der Waals surface area contributed by atoms with Crippen molar-refractivity contribution < 1.29 is 4.79 Å². The third kappa shape index (κ3) is 6.00. The normalized spacial score (nSPS) is 24.8. The quantitative estimate of drug-likeness (QED) is 0.641. The molecule has 0 aromatic rings. The molecule has 2 aliphatic carbocycles. The molecule has 0 bridgehead atoms. The molecule has 2 nitrogen and oxygen atoms in total. The van der Waals surface area contributed by atoms with E-state index in [9.17, 15) is 4.79 Å². The lowest BCUT2D eigenvalue weighted by molar-refractivity contribution is 0.180. The van der Waals surface area contributed by atoms with E-state index in [0.29, 0.717) is 12.1 Å². The molecule has 0 saturated heterocycles. The molecule has 0 spiro atoms. The first kappa shape index (κ1) is 16.8. The molecule has 1 amide bonds. The summed E-state index contributed by atoms with van der Waals surface area (Å²) in [6, 6.07) is 0.956. The predicted molar refractivity (Wildman–Crippen MR) is 89.0 cm³/mol. The van der Waals surface area contributed by atoms with Crippen molar-refractivity contribution in [3.63, 3.8) is 0 Å². The maximum atomic E-state index is 11.7. The van der Waals surface area contributed by atoms with Gasteiger partial charge < -0.3 is 4.90 Å². The molecule has 0 aromatic carbocycles. The molecule has 2 heteroatoms. The van der Waals surface area contributed by atoms with Crippen molar-refractivity contribution >= 4 is 6.41 Å². The van der Waals surface area contributed by atoms with E-state index < -0.39 is 0 Å². The fourth-order valence-corrected chi connectivity index (χ4v) is 4.23. The fourth-order valence-electron chi connectivity index (χ4n) is 4.23. The van der Waals surface area contributed by atoms with Crippen molar-refractivity contribution in [2.24, 2.45) is 0 Å². The average molecular weight is 292 g/mol. The zero-order chi connectivity index (χ0) is 14.8. The van der Waals surface area contributed by atoms with Gasteiger partial charge in [0.25, 0.3) is 0 Å². The Morgan fingerprint density at radius 3 is 1.10 bits per heavy atom. The van der Waals surface area contributed by atoms with Gasteiger partial charge in [0.1, 0.15) is 0 Å². The van der Waals surface area contributed by atoms with E-state index in [-0.39, 0.29) is 0 Å². The monoisotopic (exact) mass is 292 g/mol. The second-order valence-electron chi connectivity index (χ2n) is 7.20. The Labute approximate surface area is 131 Å². The van der Waals surface area contributed by atoms with E-state index in [0.717, 1.165) is 0 Å². The SMILES string of the molecule is O=[C]N(C1CCCCCCCC1)C1CCCCCCCC1. The molecule has 0 unspecified atom stereocenters. The molecule has 121 valence electrons. The van der Waals surface area contributed by atoms with E-state index in [1.165, 1.54) is 103 Å². The van der Waals surface area contributed by atoms with Gasteiger partial charge in [0.2, 0.25) is 0 Å². The Hall–Kier alpha value is -0.530. The van der Waals surface area contributed by atoms with Gasteiger partial charge >= 0.3 is 6.41 Å². The van der Waals surface area contributed by atoms with Gasteiger partial charge in [-0.05, 0) is 25.7 Å². The minimum Gasteiger partial charge on any atom is -0.328 e. The zero-order valence-electron chi connectivity index (χ0n) is 13.8.